The highest BCUT2D eigenvalue weighted by Gasteiger charge is 2.30. The Labute approximate surface area is 117 Å². The predicted molar refractivity (Wildman–Crippen MR) is 74.0 cm³/mol. The van der Waals surface area contributed by atoms with Gasteiger partial charge in [-0.25, -0.2) is 4.68 Å². The van der Waals surface area contributed by atoms with Crippen LogP contribution in [0.2, 0.25) is 0 Å². The highest BCUT2D eigenvalue weighted by Crippen LogP contribution is 2.29. The van der Waals surface area contributed by atoms with E-state index in [1.807, 2.05) is 23.8 Å². The first-order valence-corrected chi connectivity index (χ1v) is 7.20. The van der Waals surface area contributed by atoms with E-state index in [-0.39, 0.29) is 17.9 Å². The number of aliphatic hydroxyl groups excluding tert-OH is 1. The first kappa shape index (κ1) is 13.3. The van der Waals surface area contributed by atoms with Gasteiger partial charge in [0.15, 0.2) is 0 Å². The second kappa shape index (κ2) is 5.36. The quantitative estimate of drug-likeness (QED) is 0.811. The van der Waals surface area contributed by atoms with E-state index < -0.39 is 0 Å². The Morgan fingerprint density at radius 2 is 2.20 bits per heavy atom. The zero-order valence-electron chi connectivity index (χ0n) is 11.6. The van der Waals surface area contributed by atoms with E-state index in [4.69, 9.17) is 0 Å². The van der Waals surface area contributed by atoms with Crippen molar-refractivity contribution in [3.05, 3.63) is 18.0 Å². The topological polar surface area (TPSA) is 80.0 Å². The Morgan fingerprint density at radius 3 is 2.85 bits per heavy atom. The van der Waals surface area contributed by atoms with Gasteiger partial charge >= 0.3 is 0 Å². The van der Waals surface area contributed by atoms with Crippen molar-refractivity contribution in [2.45, 2.75) is 45.3 Å². The SMILES string of the molecule is Cc1nc(NC(=O)C2CC2)nn1CC1C=CC(O)CC1. The van der Waals surface area contributed by atoms with E-state index in [9.17, 15) is 9.90 Å². The molecule has 1 amide bonds. The fourth-order valence-electron chi connectivity index (χ4n) is 2.44. The van der Waals surface area contributed by atoms with Crippen molar-refractivity contribution in [2.24, 2.45) is 11.8 Å². The molecular formula is C14H20N4O2. The summed E-state index contributed by atoms with van der Waals surface area (Å²) in [6, 6.07) is 0. The molecule has 6 nitrogen and oxygen atoms in total. The number of hydrogen-bond acceptors (Lipinski definition) is 4. The van der Waals surface area contributed by atoms with Gasteiger partial charge in [-0.1, -0.05) is 12.2 Å². The molecule has 1 aromatic rings. The lowest BCUT2D eigenvalue weighted by Crippen LogP contribution is -2.18. The first-order valence-electron chi connectivity index (χ1n) is 7.20. The van der Waals surface area contributed by atoms with Crippen LogP contribution in [-0.4, -0.2) is 31.9 Å². The van der Waals surface area contributed by atoms with Crippen LogP contribution in [0.15, 0.2) is 12.2 Å². The van der Waals surface area contributed by atoms with E-state index >= 15 is 0 Å². The Hall–Kier alpha value is -1.69. The van der Waals surface area contributed by atoms with Crippen LogP contribution in [0.3, 0.4) is 0 Å². The maximum absolute atomic E-state index is 11.7. The molecule has 0 aromatic carbocycles. The summed E-state index contributed by atoms with van der Waals surface area (Å²) in [6.45, 7) is 2.63. The number of carbonyl (C=O) groups excluding carboxylic acids is 1. The minimum absolute atomic E-state index is 0.0304. The highest BCUT2D eigenvalue weighted by molar-refractivity contribution is 5.92. The summed E-state index contributed by atoms with van der Waals surface area (Å²) < 4.78 is 1.83. The smallest absolute Gasteiger partial charge is 0.248 e. The lowest BCUT2D eigenvalue weighted by atomic mass is 9.94. The molecule has 0 aliphatic heterocycles. The highest BCUT2D eigenvalue weighted by atomic mass is 16.3. The average Bonchev–Trinajstić information content (AvgIpc) is 3.20. The number of aryl methyl sites for hydroxylation is 1. The molecule has 0 saturated heterocycles. The van der Waals surface area contributed by atoms with Gasteiger partial charge in [0, 0.05) is 12.5 Å². The molecule has 2 N–H and O–H groups in total. The predicted octanol–water partition coefficient (Wildman–Crippen LogP) is 1.26. The molecule has 6 heteroatoms. The fraction of sp³-hybridized carbons (Fsp3) is 0.643. The van der Waals surface area contributed by atoms with E-state index in [1.54, 1.807) is 0 Å². The summed E-state index contributed by atoms with van der Waals surface area (Å²) in [7, 11) is 0. The normalized spacial score (nSPS) is 25.7. The molecule has 20 heavy (non-hydrogen) atoms. The van der Waals surface area contributed by atoms with Gasteiger partial charge < -0.3 is 5.11 Å². The van der Waals surface area contributed by atoms with Crippen molar-refractivity contribution in [1.29, 1.82) is 0 Å². The molecule has 1 saturated carbocycles. The van der Waals surface area contributed by atoms with Crippen LogP contribution in [0.25, 0.3) is 0 Å². The number of carbonyl (C=O) groups is 1. The van der Waals surface area contributed by atoms with Gasteiger partial charge in [0.05, 0.1) is 6.10 Å². The summed E-state index contributed by atoms with van der Waals surface area (Å²) in [4.78, 5) is 16.0. The van der Waals surface area contributed by atoms with Gasteiger partial charge in [-0.3, -0.25) is 10.1 Å². The van der Waals surface area contributed by atoms with Crippen LogP contribution in [0.4, 0.5) is 5.95 Å². The third kappa shape index (κ3) is 3.07. The molecule has 0 bridgehead atoms. The molecule has 2 aliphatic carbocycles. The van der Waals surface area contributed by atoms with Crippen molar-refractivity contribution < 1.29 is 9.90 Å². The van der Waals surface area contributed by atoms with Gasteiger partial charge in [0.2, 0.25) is 11.9 Å². The Bertz CT molecular complexity index is 533. The number of amides is 1. The van der Waals surface area contributed by atoms with Crippen molar-refractivity contribution >= 4 is 11.9 Å². The number of rotatable bonds is 4. The summed E-state index contributed by atoms with van der Waals surface area (Å²) in [5, 5.41) is 16.6. The van der Waals surface area contributed by atoms with E-state index in [2.05, 4.69) is 15.4 Å². The molecule has 1 heterocycles. The maximum atomic E-state index is 11.7. The molecule has 2 atom stereocenters. The molecular weight excluding hydrogens is 256 g/mol. The largest absolute Gasteiger partial charge is 0.389 e. The minimum atomic E-state index is -0.309. The third-order valence-electron chi connectivity index (χ3n) is 3.89. The second-order valence-electron chi connectivity index (χ2n) is 5.72. The molecule has 2 aliphatic rings. The van der Waals surface area contributed by atoms with Gasteiger partial charge in [-0.2, -0.15) is 4.98 Å². The van der Waals surface area contributed by atoms with Crippen molar-refractivity contribution in [3.8, 4) is 0 Å². The Balaban J connectivity index is 1.63. The maximum Gasteiger partial charge on any atom is 0.248 e. The van der Waals surface area contributed by atoms with Crippen LogP contribution in [0, 0.1) is 18.8 Å². The fourth-order valence-corrected chi connectivity index (χ4v) is 2.44. The van der Waals surface area contributed by atoms with Crippen LogP contribution in [0.1, 0.15) is 31.5 Å². The molecule has 0 radical (unpaired) electrons. The number of nitrogens with zero attached hydrogens (tertiary/aromatic N) is 3. The Morgan fingerprint density at radius 1 is 1.40 bits per heavy atom. The van der Waals surface area contributed by atoms with Gasteiger partial charge in [-0.15, -0.1) is 5.10 Å². The van der Waals surface area contributed by atoms with Crippen molar-refractivity contribution in [1.82, 2.24) is 14.8 Å². The number of nitrogens with one attached hydrogen (secondary N) is 1. The van der Waals surface area contributed by atoms with Crippen LogP contribution < -0.4 is 5.32 Å². The zero-order valence-corrected chi connectivity index (χ0v) is 11.6. The third-order valence-corrected chi connectivity index (χ3v) is 3.89. The molecule has 1 fully saturated rings. The molecule has 108 valence electrons. The van der Waals surface area contributed by atoms with E-state index in [0.717, 1.165) is 38.1 Å². The van der Waals surface area contributed by atoms with Crippen LogP contribution in [-0.2, 0) is 11.3 Å². The average molecular weight is 276 g/mol. The zero-order chi connectivity index (χ0) is 14.1. The van der Waals surface area contributed by atoms with Gasteiger partial charge in [0.1, 0.15) is 5.82 Å². The van der Waals surface area contributed by atoms with Crippen LogP contribution >= 0.6 is 0 Å². The second-order valence-corrected chi connectivity index (χ2v) is 5.72. The summed E-state index contributed by atoms with van der Waals surface area (Å²) in [5.74, 6) is 1.76. The monoisotopic (exact) mass is 276 g/mol. The first-order chi connectivity index (χ1) is 9.61. The summed E-state index contributed by atoms with van der Waals surface area (Å²) in [6.07, 6.45) is 7.26. The standard InChI is InChI=1S/C14H20N4O2/c1-9-15-14(16-13(20)11-4-5-11)17-18(9)8-10-2-6-12(19)7-3-10/h2,6,10-12,19H,3-5,7-8H2,1H3,(H,16,17,20). The Kier molecular flexibility index (Phi) is 3.56. The van der Waals surface area contributed by atoms with Gasteiger partial charge in [0.25, 0.3) is 0 Å². The lowest BCUT2D eigenvalue weighted by Gasteiger charge is -2.19. The number of allylic oxidation sites excluding steroid dienone is 1. The minimum Gasteiger partial charge on any atom is -0.389 e. The molecule has 2 unspecified atom stereocenters. The summed E-state index contributed by atoms with van der Waals surface area (Å²) in [5.41, 5.74) is 0. The van der Waals surface area contributed by atoms with Crippen molar-refractivity contribution in [2.75, 3.05) is 5.32 Å². The number of aromatic nitrogens is 3. The summed E-state index contributed by atoms with van der Waals surface area (Å²) >= 11 is 0. The number of aliphatic hydroxyl groups is 1. The van der Waals surface area contributed by atoms with Gasteiger partial charge in [-0.05, 0) is 38.5 Å². The number of anilines is 1. The van der Waals surface area contributed by atoms with Crippen LogP contribution in [0.5, 0.6) is 0 Å². The lowest BCUT2D eigenvalue weighted by molar-refractivity contribution is -0.117. The molecule has 1 aromatic heterocycles. The van der Waals surface area contributed by atoms with E-state index in [0.29, 0.717) is 11.9 Å². The van der Waals surface area contributed by atoms with E-state index in [1.165, 1.54) is 0 Å². The molecule has 0 spiro atoms. The van der Waals surface area contributed by atoms with Crippen molar-refractivity contribution in [3.63, 3.8) is 0 Å². The number of hydrogen-bond donors (Lipinski definition) is 2. The molecule has 3 rings (SSSR count).